The Kier molecular flexibility index (Phi) is 4.47. The van der Waals surface area contributed by atoms with E-state index in [0.717, 1.165) is 0 Å². The summed E-state index contributed by atoms with van der Waals surface area (Å²) < 4.78 is 45.0. The van der Waals surface area contributed by atoms with E-state index in [0.29, 0.717) is 0 Å². The minimum atomic E-state index is -3.76. The first-order valence-corrected chi connectivity index (χ1v) is 6.84. The first-order chi connectivity index (χ1) is 6.19. The Labute approximate surface area is 83.0 Å². The lowest BCUT2D eigenvalue weighted by Gasteiger charge is -2.06. The molecule has 0 amide bonds. The second-order valence-electron chi connectivity index (χ2n) is 2.58. The van der Waals surface area contributed by atoms with Crippen molar-refractivity contribution in [1.82, 2.24) is 4.72 Å². The third-order valence-corrected chi connectivity index (χ3v) is 3.75. The Balaban J connectivity index is 4.24. The smallest absolute Gasteiger partial charge is 0.227 e. The van der Waals surface area contributed by atoms with E-state index in [4.69, 9.17) is 5.26 Å². The number of rotatable bonds is 5. The van der Waals surface area contributed by atoms with Gasteiger partial charge in [-0.1, -0.05) is 0 Å². The van der Waals surface area contributed by atoms with Gasteiger partial charge in [-0.05, 0) is 6.92 Å². The maximum atomic E-state index is 11.1. The lowest BCUT2D eigenvalue weighted by atomic mass is 10.5. The highest BCUT2D eigenvalue weighted by molar-refractivity contribution is 7.90. The quantitative estimate of drug-likeness (QED) is 0.581. The maximum absolute atomic E-state index is 11.1. The first kappa shape index (κ1) is 13.3. The van der Waals surface area contributed by atoms with Crippen molar-refractivity contribution in [3.05, 3.63) is 0 Å². The lowest BCUT2D eigenvalue weighted by molar-refractivity contribution is 0.577. The van der Waals surface area contributed by atoms with Gasteiger partial charge in [0.2, 0.25) is 20.0 Å². The fourth-order valence-electron chi connectivity index (χ4n) is 0.521. The zero-order valence-electron chi connectivity index (χ0n) is 7.47. The molecule has 0 heterocycles. The largest absolute Gasteiger partial charge is 0.229 e. The number of nitriles is 1. The molecule has 0 saturated carbocycles. The summed E-state index contributed by atoms with van der Waals surface area (Å²) in [6.07, 6.45) is 0. The minimum Gasteiger partial charge on any atom is -0.229 e. The summed E-state index contributed by atoms with van der Waals surface area (Å²) in [6.45, 7) is 0.868. The molecule has 0 fully saturated rings. The Hall–Kier alpha value is -0.690. The van der Waals surface area contributed by atoms with Gasteiger partial charge in [0.1, 0.15) is 0 Å². The van der Waals surface area contributed by atoms with Gasteiger partial charge in [-0.15, -0.1) is 0 Å². The van der Waals surface area contributed by atoms with E-state index in [1.54, 1.807) is 0 Å². The highest BCUT2D eigenvalue weighted by Crippen LogP contribution is 1.95. The molecular formula is C5H11N3O4S2. The molecule has 0 aliphatic carbocycles. The monoisotopic (exact) mass is 241 g/mol. The van der Waals surface area contributed by atoms with Crippen molar-refractivity contribution in [2.45, 2.75) is 12.2 Å². The van der Waals surface area contributed by atoms with Crippen molar-refractivity contribution in [3.8, 4) is 6.07 Å². The van der Waals surface area contributed by atoms with Crippen LogP contribution in [0.4, 0.5) is 0 Å². The summed E-state index contributed by atoms with van der Waals surface area (Å²) in [6, 6.07) is 1.52. The zero-order chi connectivity index (χ0) is 11.4. The second kappa shape index (κ2) is 4.70. The van der Waals surface area contributed by atoms with Gasteiger partial charge < -0.3 is 0 Å². The van der Waals surface area contributed by atoms with Crippen molar-refractivity contribution >= 4 is 20.0 Å². The van der Waals surface area contributed by atoms with E-state index in [9.17, 15) is 16.8 Å². The summed E-state index contributed by atoms with van der Waals surface area (Å²) in [5.74, 6) is -0.496. The average Bonchev–Trinajstić information content (AvgIpc) is 2.00. The molecule has 82 valence electrons. The van der Waals surface area contributed by atoms with Crippen LogP contribution in [0.1, 0.15) is 6.92 Å². The predicted octanol–water partition coefficient (Wildman–Crippen LogP) is -1.89. The molecule has 1 atom stereocenters. The standard InChI is InChI=1S/C5H11N3O4S2/c1-5(4-6)14(11,12)8-2-3-13(7,9)10/h5,8H,2-3H2,1H3,(H2,7,9,10). The molecule has 0 rings (SSSR count). The summed E-state index contributed by atoms with van der Waals surface area (Å²) in [4.78, 5) is 0. The van der Waals surface area contributed by atoms with E-state index in [2.05, 4.69) is 5.14 Å². The molecular weight excluding hydrogens is 230 g/mol. The molecule has 0 saturated heterocycles. The van der Waals surface area contributed by atoms with Gasteiger partial charge in [-0.3, -0.25) is 0 Å². The second-order valence-corrected chi connectivity index (χ2v) is 6.40. The van der Waals surface area contributed by atoms with E-state index >= 15 is 0 Å². The van der Waals surface area contributed by atoms with Gasteiger partial charge in [-0.2, -0.15) is 5.26 Å². The van der Waals surface area contributed by atoms with Crippen LogP contribution in [0.3, 0.4) is 0 Å². The third kappa shape index (κ3) is 5.13. The van der Waals surface area contributed by atoms with E-state index in [-0.39, 0.29) is 6.54 Å². The van der Waals surface area contributed by atoms with Gasteiger partial charge in [-0.25, -0.2) is 26.7 Å². The molecule has 14 heavy (non-hydrogen) atoms. The molecule has 0 aliphatic heterocycles. The van der Waals surface area contributed by atoms with Gasteiger partial charge in [0, 0.05) is 6.54 Å². The van der Waals surface area contributed by atoms with Crippen molar-refractivity contribution in [1.29, 1.82) is 5.26 Å². The minimum absolute atomic E-state index is 0.326. The number of hydrogen-bond acceptors (Lipinski definition) is 5. The number of nitrogens with zero attached hydrogens (tertiary/aromatic N) is 1. The van der Waals surface area contributed by atoms with Crippen molar-refractivity contribution in [2.24, 2.45) is 5.14 Å². The van der Waals surface area contributed by atoms with Crippen LogP contribution in [0.25, 0.3) is 0 Å². The topological polar surface area (TPSA) is 130 Å². The Morgan fingerprint density at radius 2 is 1.93 bits per heavy atom. The van der Waals surface area contributed by atoms with Crippen molar-refractivity contribution < 1.29 is 16.8 Å². The van der Waals surface area contributed by atoms with Crippen LogP contribution in [0, 0.1) is 11.3 Å². The molecule has 3 N–H and O–H groups in total. The molecule has 0 radical (unpaired) electrons. The first-order valence-electron chi connectivity index (χ1n) is 3.57. The van der Waals surface area contributed by atoms with Crippen LogP contribution in [0.15, 0.2) is 0 Å². The van der Waals surface area contributed by atoms with Crippen LogP contribution < -0.4 is 9.86 Å². The highest BCUT2D eigenvalue weighted by atomic mass is 32.2. The van der Waals surface area contributed by atoms with Crippen LogP contribution in [0.2, 0.25) is 0 Å². The van der Waals surface area contributed by atoms with Gasteiger partial charge in [0.25, 0.3) is 0 Å². The normalized spacial score (nSPS) is 14.6. The van der Waals surface area contributed by atoms with E-state index in [1.807, 2.05) is 4.72 Å². The molecule has 7 nitrogen and oxygen atoms in total. The number of nitrogens with one attached hydrogen (secondary N) is 1. The number of primary sulfonamides is 1. The SMILES string of the molecule is CC(C#N)S(=O)(=O)NCCS(N)(=O)=O. The molecule has 0 aliphatic rings. The molecule has 0 spiro atoms. The average molecular weight is 241 g/mol. The summed E-state index contributed by atoms with van der Waals surface area (Å²) in [5, 5.41) is 11.7. The Morgan fingerprint density at radius 3 is 2.29 bits per heavy atom. The van der Waals surface area contributed by atoms with Gasteiger partial charge in [0.05, 0.1) is 11.8 Å². The fraction of sp³-hybridized carbons (Fsp3) is 0.800. The molecule has 0 aromatic carbocycles. The summed E-state index contributed by atoms with van der Waals surface area (Å²) in [5.41, 5.74) is 0. The Morgan fingerprint density at radius 1 is 1.43 bits per heavy atom. The molecule has 0 aromatic rings. The molecule has 1 unspecified atom stereocenters. The van der Waals surface area contributed by atoms with Crippen molar-refractivity contribution in [2.75, 3.05) is 12.3 Å². The van der Waals surface area contributed by atoms with Crippen molar-refractivity contribution in [3.63, 3.8) is 0 Å². The van der Waals surface area contributed by atoms with Crippen LogP contribution in [0.5, 0.6) is 0 Å². The fourth-order valence-corrected chi connectivity index (χ4v) is 1.81. The predicted molar refractivity (Wildman–Crippen MR) is 50.0 cm³/mol. The Bertz CT molecular complexity index is 418. The van der Waals surface area contributed by atoms with E-state index in [1.165, 1.54) is 13.0 Å². The van der Waals surface area contributed by atoms with Gasteiger partial charge >= 0.3 is 0 Å². The zero-order valence-corrected chi connectivity index (χ0v) is 9.10. The third-order valence-electron chi connectivity index (χ3n) is 1.34. The van der Waals surface area contributed by atoms with E-state index < -0.39 is 31.0 Å². The number of nitrogens with two attached hydrogens (primary N) is 1. The summed E-state index contributed by atoms with van der Waals surface area (Å²) in [7, 11) is -7.45. The van der Waals surface area contributed by atoms with Gasteiger partial charge in [0.15, 0.2) is 5.25 Å². The molecule has 0 bridgehead atoms. The van der Waals surface area contributed by atoms with Crippen LogP contribution >= 0.6 is 0 Å². The van der Waals surface area contributed by atoms with Crippen LogP contribution in [-0.2, 0) is 20.0 Å². The lowest BCUT2D eigenvalue weighted by Crippen LogP contribution is -2.36. The molecule has 9 heteroatoms. The maximum Gasteiger partial charge on any atom is 0.227 e. The number of hydrogen-bond donors (Lipinski definition) is 2. The summed E-state index contributed by atoms with van der Waals surface area (Å²) >= 11 is 0. The highest BCUT2D eigenvalue weighted by Gasteiger charge is 2.19. The molecule has 0 aromatic heterocycles. The van der Waals surface area contributed by atoms with Crippen LogP contribution in [-0.4, -0.2) is 34.4 Å². The number of sulfonamides is 2.